The molecule has 2 unspecified atom stereocenters. The topological polar surface area (TPSA) is 102 Å². The highest BCUT2D eigenvalue weighted by molar-refractivity contribution is 7.91. The van der Waals surface area contributed by atoms with Crippen molar-refractivity contribution in [3.05, 3.63) is 44.8 Å². The Labute approximate surface area is 202 Å². The fourth-order valence-electron chi connectivity index (χ4n) is 4.26. The number of aryl methyl sites for hydroxylation is 1. The Morgan fingerprint density at radius 1 is 1.27 bits per heavy atom. The van der Waals surface area contributed by atoms with E-state index in [4.69, 9.17) is 16.3 Å². The molecule has 0 radical (unpaired) electrons. The molecule has 1 aromatic carbocycles. The van der Waals surface area contributed by atoms with Crippen LogP contribution in [0.25, 0.3) is 0 Å². The van der Waals surface area contributed by atoms with E-state index in [1.807, 2.05) is 6.92 Å². The summed E-state index contributed by atoms with van der Waals surface area (Å²) in [6, 6.07) is 4.77. The number of carbonyl (C=O) groups is 2. The third-order valence-electron chi connectivity index (χ3n) is 6.06. The van der Waals surface area contributed by atoms with Gasteiger partial charge >= 0.3 is 0 Å². The predicted octanol–water partition coefficient (Wildman–Crippen LogP) is 3.77. The minimum absolute atomic E-state index is 0.0435. The van der Waals surface area contributed by atoms with Crippen molar-refractivity contribution in [1.82, 2.24) is 5.32 Å². The Bertz CT molecular complexity index is 1190. The van der Waals surface area contributed by atoms with Crippen LogP contribution in [0.5, 0.6) is 5.75 Å². The average Bonchev–Trinajstić information content (AvgIpc) is 3.26. The third kappa shape index (κ3) is 5.70. The molecule has 1 aliphatic heterocycles. The van der Waals surface area contributed by atoms with Gasteiger partial charge in [0.15, 0.2) is 16.4 Å². The lowest BCUT2D eigenvalue weighted by Crippen LogP contribution is -2.36. The van der Waals surface area contributed by atoms with Crippen LogP contribution in [0.3, 0.4) is 0 Å². The standard InChI is InChI=1S/C23H27ClN2O5S2/c1-13-3-5-17-19(9-13)32-23(21(17)22(28)25-15-7-8-33(29,30)12-15)26-20(27)11-31-16-4-6-18(24)14(2)10-16/h4,6,10,13,15H,3,5,7-9,11-12H2,1-2H3,(H,25,28)(H,26,27). The van der Waals surface area contributed by atoms with Crippen LogP contribution in [0.4, 0.5) is 5.00 Å². The minimum atomic E-state index is -3.11. The minimum Gasteiger partial charge on any atom is -0.484 e. The molecule has 1 aliphatic carbocycles. The Hall–Kier alpha value is -2.10. The summed E-state index contributed by atoms with van der Waals surface area (Å²) in [5, 5.41) is 6.84. The molecule has 1 saturated heterocycles. The molecule has 1 fully saturated rings. The second kappa shape index (κ2) is 9.64. The lowest BCUT2D eigenvalue weighted by atomic mass is 9.88. The molecule has 2 amide bonds. The zero-order valence-electron chi connectivity index (χ0n) is 18.6. The molecule has 1 aromatic heterocycles. The van der Waals surface area contributed by atoms with Crippen molar-refractivity contribution in [2.75, 3.05) is 23.4 Å². The van der Waals surface area contributed by atoms with Gasteiger partial charge in [0.25, 0.3) is 11.8 Å². The van der Waals surface area contributed by atoms with Gasteiger partial charge in [-0.15, -0.1) is 11.3 Å². The fourth-order valence-corrected chi connectivity index (χ4v) is 7.48. The lowest BCUT2D eigenvalue weighted by molar-refractivity contribution is -0.118. The summed E-state index contributed by atoms with van der Waals surface area (Å²) in [6.45, 7) is 3.82. The van der Waals surface area contributed by atoms with Crippen LogP contribution in [-0.2, 0) is 27.5 Å². The molecule has 2 aromatic rings. The highest BCUT2D eigenvalue weighted by Crippen LogP contribution is 2.40. The molecular formula is C23H27ClN2O5S2. The van der Waals surface area contributed by atoms with E-state index in [0.717, 1.165) is 35.3 Å². The summed E-state index contributed by atoms with van der Waals surface area (Å²) < 4.78 is 29.2. The molecule has 2 atom stereocenters. The summed E-state index contributed by atoms with van der Waals surface area (Å²) >= 11 is 7.45. The smallest absolute Gasteiger partial charge is 0.262 e. The zero-order chi connectivity index (χ0) is 23.8. The normalized spacial score (nSPS) is 21.3. The van der Waals surface area contributed by atoms with E-state index in [9.17, 15) is 18.0 Å². The highest BCUT2D eigenvalue weighted by Gasteiger charge is 2.33. The zero-order valence-corrected chi connectivity index (χ0v) is 21.0. The summed E-state index contributed by atoms with van der Waals surface area (Å²) in [7, 11) is -3.11. The lowest BCUT2D eigenvalue weighted by Gasteiger charge is -2.19. The maximum atomic E-state index is 13.2. The van der Waals surface area contributed by atoms with Gasteiger partial charge in [0, 0.05) is 15.9 Å². The van der Waals surface area contributed by atoms with Gasteiger partial charge in [-0.25, -0.2) is 8.42 Å². The number of hydrogen-bond acceptors (Lipinski definition) is 6. The van der Waals surface area contributed by atoms with E-state index in [1.165, 1.54) is 11.3 Å². The molecule has 0 bridgehead atoms. The Balaban J connectivity index is 1.50. The first-order valence-electron chi connectivity index (χ1n) is 11.0. The van der Waals surface area contributed by atoms with Crippen LogP contribution in [0.15, 0.2) is 18.2 Å². The van der Waals surface area contributed by atoms with Crippen LogP contribution in [0.1, 0.15) is 46.1 Å². The molecular weight excluding hydrogens is 484 g/mol. The van der Waals surface area contributed by atoms with Gasteiger partial charge in [-0.3, -0.25) is 9.59 Å². The largest absolute Gasteiger partial charge is 0.484 e. The van der Waals surface area contributed by atoms with Crippen molar-refractivity contribution >= 4 is 49.6 Å². The molecule has 7 nitrogen and oxygen atoms in total. The molecule has 178 valence electrons. The van der Waals surface area contributed by atoms with E-state index >= 15 is 0 Å². The summed E-state index contributed by atoms with van der Waals surface area (Å²) in [5.41, 5.74) is 2.27. The number of benzene rings is 1. The molecule has 10 heteroatoms. The number of hydrogen-bond donors (Lipinski definition) is 2. The van der Waals surface area contributed by atoms with E-state index in [-0.39, 0.29) is 29.9 Å². The summed E-state index contributed by atoms with van der Waals surface area (Å²) in [6.07, 6.45) is 2.99. The molecule has 2 heterocycles. The van der Waals surface area contributed by atoms with Crippen molar-refractivity contribution in [2.45, 2.75) is 45.6 Å². The Morgan fingerprint density at radius 3 is 2.76 bits per heavy atom. The number of halogens is 1. The summed E-state index contributed by atoms with van der Waals surface area (Å²) in [4.78, 5) is 26.9. The SMILES string of the molecule is Cc1cc(OCC(=O)Nc2sc3c(c2C(=O)NC2CCS(=O)(=O)C2)CCC(C)C3)ccc1Cl. The fraction of sp³-hybridized carbons (Fsp3) is 0.478. The number of thiophene rings is 1. The van der Waals surface area contributed by atoms with Crippen LogP contribution in [0, 0.1) is 12.8 Å². The van der Waals surface area contributed by atoms with Gasteiger partial charge in [-0.2, -0.15) is 0 Å². The molecule has 4 rings (SSSR count). The number of amides is 2. The molecule has 33 heavy (non-hydrogen) atoms. The number of sulfone groups is 1. The van der Waals surface area contributed by atoms with E-state index in [2.05, 4.69) is 17.6 Å². The highest BCUT2D eigenvalue weighted by atomic mass is 35.5. The number of anilines is 1. The molecule has 2 aliphatic rings. The van der Waals surface area contributed by atoms with Crippen molar-refractivity contribution in [3.8, 4) is 5.75 Å². The van der Waals surface area contributed by atoms with Gasteiger partial charge in [-0.05, 0) is 67.9 Å². The number of fused-ring (bicyclic) bond motifs is 1. The predicted molar refractivity (Wildman–Crippen MR) is 130 cm³/mol. The van der Waals surface area contributed by atoms with Crippen molar-refractivity contribution in [1.29, 1.82) is 0 Å². The number of rotatable bonds is 6. The molecule has 2 N–H and O–H groups in total. The Morgan fingerprint density at radius 2 is 2.06 bits per heavy atom. The maximum Gasteiger partial charge on any atom is 0.262 e. The number of ether oxygens (including phenoxy) is 1. The van der Waals surface area contributed by atoms with Crippen molar-refractivity contribution in [3.63, 3.8) is 0 Å². The second-order valence-electron chi connectivity index (χ2n) is 8.88. The van der Waals surface area contributed by atoms with E-state index in [0.29, 0.717) is 33.7 Å². The third-order valence-corrected chi connectivity index (χ3v) is 9.42. The maximum absolute atomic E-state index is 13.2. The molecule has 0 saturated carbocycles. The molecule has 0 spiro atoms. The first-order valence-corrected chi connectivity index (χ1v) is 14.0. The average molecular weight is 511 g/mol. The number of nitrogens with one attached hydrogen (secondary N) is 2. The second-order valence-corrected chi connectivity index (χ2v) is 12.6. The van der Waals surface area contributed by atoms with Gasteiger partial charge in [-0.1, -0.05) is 18.5 Å². The Kier molecular flexibility index (Phi) is 7.02. The van der Waals surface area contributed by atoms with Crippen LogP contribution < -0.4 is 15.4 Å². The van der Waals surface area contributed by atoms with Gasteiger partial charge in [0.1, 0.15) is 10.8 Å². The van der Waals surface area contributed by atoms with E-state index < -0.39 is 15.9 Å². The van der Waals surface area contributed by atoms with Gasteiger partial charge < -0.3 is 15.4 Å². The van der Waals surface area contributed by atoms with Crippen LogP contribution in [-0.4, -0.2) is 44.4 Å². The first kappa shape index (κ1) is 24.0. The van der Waals surface area contributed by atoms with Gasteiger partial charge in [0.05, 0.1) is 17.1 Å². The monoisotopic (exact) mass is 510 g/mol. The van der Waals surface area contributed by atoms with Crippen LogP contribution >= 0.6 is 22.9 Å². The van der Waals surface area contributed by atoms with Crippen molar-refractivity contribution < 1.29 is 22.7 Å². The number of carbonyl (C=O) groups excluding carboxylic acids is 2. The first-order chi connectivity index (χ1) is 15.6. The van der Waals surface area contributed by atoms with Gasteiger partial charge in [0.2, 0.25) is 0 Å². The summed E-state index contributed by atoms with van der Waals surface area (Å²) in [5.74, 6) is 0.389. The van der Waals surface area contributed by atoms with E-state index in [1.54, 1.807) is 18.2 Å². The van der Waals surface area contributed by atoms with Crippen LogP contribution in [0.2, 0.25) is 5.02 Å². The van der Waals surface area contributed by atoms with Crippen molar-refractivity contribution in [2.24, 2.45) is 5.92 Å². The quantitative estimate of drug-likeness (QED) is 0.616.